The van der Waals surface area contributed by atoms with Crippen LogP contribution in [0.1, 0.15) is 25.7 Å². The number of rotatable bonds is 5. The monoisotopic (exact) mass is 399 g/mol. The summed E-state index contributed by atoms with van der Waals surface area (Å²) in [5, 5.41) is 0. The first-order valence-electron chi connectivity index (χ1n) is 9.22. The summed E-state index contributed by atoms with van der Waals surface area (Å²) in [4.78, 5) is 28.2. The van der Waals surface area contributed by atoms with E-state index in [1.807, 2.05) is 4.90 Å². The van der Waals surface area contributed by atoms with Crippen LogP contribution in [-0.2, 0) is 9.59 Å². The van der Waals surface area contributed by atoms with E-state index in [0.717, 1.165) is 19.3 Å². The highest BCUT2D eigenvalue weighted by Crippen LogP contribution is 2.27. The Morgan fingerprint density at radius 2 is 1.63 bits per heavy atom. The number of ether oxygens (including phenoxy) is 1. The minimum absolute atomic E-state index is 0. The Morgan fingerprint density at radius 1 is 1.04 bits per heavy atom. The minimum atomic E-state index is -0.344. The molecule has 6 nitrogen and oxygen atoms in total. The number of piperazine rings is 1. The van der Waals surface area contributed by atoms with E-state index in [-0.39, 0.29) is 42.7 Å². The highest BCUT2D eigenvalue weighted by molar-refractivity contribution is 5.85. The largest absolute Gasteiger partial charge is 0.484 e. The van der Waals surface area contributed by atoms with Gasteiger partial charge in [0.05, 0.1) is 0 Å². The van der Waals surface area contributed by atoms with Crippen LogP contribution in [0.15, 0.2) is 24.3 Å². The molecule has 2 atom stereocenters. The van der Waals surface area contributed by atoms with Gasteiger partial charge < -0.3 is 20.3 Å². The molecular weight excluding hydrogens is 373 g/mol. The highest BCUT2D eigenvalue weighted by Gasteiger charge is 2.30. The van der Waals surface area contributed by atoms with E-state index in [2.05, 4.69) is 0 Å². The number of benzene rings is 1. The lowest BCUT2D eigenvalue weighted by Gasteiger charge is -2.35. The van der Waals surface area contributed by atoms with E-state index < -0.39 is 0 Å². The number of hydrogen-bond donors (Lipinski definition) is 1. The van der Waals surface area contributed by atoms with Crippen LogP contribution in [0, 0.1) is 11.7 Å². The van der Waals surface area contributed by atoms with Gasteiger partial charge in [-0.15, -0.1) is 12.4 Å². The quantitative estimate of drug-likeness (QED) is 0.819. The number of carbonyl (C=O) groups excluding carboxylic acids is 2. The summed E-state index contributed by atoms with van der Waals surface area (Å²) >= 11 is 0. The fraction of sp³-hybridized carbons (Fsp3) is 0.579. The summed E-state index contributed by atoms with van der Waals surface area (Å²) in [5.74, 6) is 0.428. The molecule has 150 valence electrons. The Morgan fingerprint density at radius 3 is 2.19 bits per heavy atom. The van der Waals surface area contributed by atoms with Crippen LogP contribution >= 0.6 is 12.4 Å². The molecule has 1 saturated carbocycles. The molecule has 3 rings (SSSR count). The molecule has 2 fully saturated rings. The zero-order valence-corrected chi connectivity index (χ0v) is 16.1. The molecule has 0 aromatic heterocycles. The lowest BCUT2D eigenvalue weighted by molar-refractivity contribution is -0.141. The molecule has 0 radical (unpaired) electrons. The first-order chi connectivity index (χ1) is 12.5. The van der Waals surface area contributed by atoms with E-state index in [0.29, 0.717) is 44.3 Å². The average Bonchev–Trinajstić information content (AvgIpc) is 3.05. The van der Waals surface area contributed by atoms with Gasteiger partial charge in [0.25, 0.3) is 5.91 Å². The average molecular weight is 400 g/mol. The summed E-state index contributed by atoms with van der Waals surface area (Å²) in [6, 6.07) is 5.71. The van der Waals surface area contributed by atoms with Crippen molar-refractivity contribution in [2.45, 2.75) is 31.7 Å². The van der Waals surface area contributed by atoms with E-state index in [4.69, 9.17) is 10.5 Å². The molecule has 1 aromatic carbocycles. The Hall–Kier alpha value is -1.86. The van der Waals surface area contributed by atoms with E-state index in [1.165, 1.54) is 24.3 Å². The standard InChI is InChI=1S/C19H26FN3O3.ClH/c20-15-4-6-16(7-5-15)26-13-19(25)23-10-8-22(9-11-23)18(24)12-14-2-1-3-17(14)21;/h4-7,14,17H,1-3,8-13,21H2;1H/t14-,17+;/m0./s1. The van der Waals surface area contributed by atoms with Crippen molar-refractivity contribution in [1.29, 1.82) is 0 Å². The molecule has 1 aliphatic carbocycles. The van der Waals surface area contributed by atoms with E-state index in [1.54, 1.807) is 4.90 Å². The summed E-state index contributed by atoms with van der Waals surface area (Å²) in [6.45, 7) is 2.02. The van der Waals surface area contributed by atoms with Crippen molar-refractivity contribution in [2.75, 3.05) is 32.8 Å². The van der Waals surface area contributed by atoms with Crippen molar-refractivity contribution >= 4 is 24.2 Å². The van der Waals surface area contributed by atoms with Crippen LogP contribution in [-0.4, -0.2) is 60.4 Å². The van der Waals surface area contributed by atoms with Crippen LogP contribution in [0.25, 0.3) is 0 Å². The van der Waals surface area contributed by atoms with Crippen LogP contribution in [0.5, 0.6) is 5.75 Å². The van der Waals surface area contributed by atoms with Gasteiger partial charge in [0.15, 0.2) is 6.61 Å². The second-order valence-corrected chi connectivity index (χ2v) is 7.06. The van der Waals surface area contributed by atoms with Crippen molar-refractivity contribution in [2.24, 2.45) is 11.7 Å². The maximum Gasteiger partial charge on any atom is 0.260 e. The van der Waals surface area contributed by atoms with Crippen LogP contribution in [0.2, 0.25) is 0 Å². The molecule has 2 N–H and O–H groups in total. The molecule has 1 aromatic rings. The number of hydrogen-bond acceptors (Lipinski definition) is 4. The second-order valence-electron chi connectivity index (χ2n) is 7.06. The predicted molar refractivity (Wildman–Crippen MR) is 102 cm³/mol. The van der Waals surface area contributed by atoms with Gasteiger partial charge in [0.1, 0.15) is 11.6 Å². The van der Waals surface area contributed by atoms with Gasteiger partial charge in [-0.3, -0.25) is 9.59 Å². The predicted octanol–water partition coefficient (Wildman–Crippen LogP) is 1.81. The first kappa shape index (κ1) is 21.4. The number of halogens is 2. The summed E-state index contributed by atoms with van der Waals surface area (Å²) in [6.07, 6.45) is 3.67. The van der Waals surface area contributed by atoms with Gasteiger partial charge in [0.2, 0.25) is 5.91 Å². The smallest absolute Gasteiger partial charge is 0.260 e. The molecule has 8 heteroatoms. The SMILES string of the molecule is Cl.N[C@@H]1CCC[C@H]1CC(=O)N1CCN(C(=O)COc2ccc(F)cc2)CC1. The molecule has 2 aliphatic rings. The van der Waals surface area contributed by atoms with Crippen LogP contribution in [0.3, 0.4) is 0 Å². The lowest BCUT2D eigenvalue weighted by Crippen LogP contribution is -2.52. The number of carbonyl (C=O) groups is 2. The fourth-order valence-electron chi connectivity index (χ4n) is 3.64. The van der Waals surface area contributed by atoms with E-state index >= 15 is 0 Å². The third kappa shape index (κ3) is 5.81. The van der Waals surface area contributed by atoms with Gasteiger partial charge >= 0.3 is 0 Å². The van der Waals surface area contributed by atoms with Gasteiger partial charge in [-0.05, 0) is 43.0 Å². The third-order valence-corrected chi connectivity index (χ3v) is 5.32. The summed E-state index contributed by atoms with van der Waals surface area (Å²) in [7, 11) is 0. The Kier molecular flexibility index (Phi) is 7.86. The number of nitrogens with zero attached hydrogens (tertiary/aromatic N) is 2. The van der Waals surface area contributed by atoms with Gasteiger partial charge in [-0.1, -0.05) is 6.42 Å². The maximum absolute atomic E-state index is 12.9. The van der Waals surface area contributed by atoms with Crippen LogP contribution < -0.4 is 10.5 Å². The Labute approximate surface area is 165 Å². The minimum Gasteiger partial charge on any atom is -0.484 e. The summed E-state index contributed by atoms with van der Waals surface area (Å²) < 4.78 is 18.3. The van der Waals surface area contributed by atoms with E-state index in [9.17, 15) is 14.0 Å². The lowest BCUT2D eigenvalue weighted by atomic mass is 9.99. The molecule has 1 aliphatic heterocycles. The van der Waals surface area contributed by atoms with Crippen molar-refractivity contribution in [3.8, 4) is 5.75 Å². The molecule has 0 spiro atoms. The number of nitrogens with two attached hydrogens (primary N) is 1. The molecule has 0 bridgehead atoms. The molecule has 27 heavy (non-hydrogen) atoms. The Bertz CT molecular complexity index is 636. The van der Waals surface area contributed by atoms with Crippen molar-refractivity contribution in [3.63, 3.8) is 0 Å². The maximum atomic E-state index is 12.9. The van der Waals surface area contributed by atoms with Crippen molar-refractivity contribution in [3.05, 3.63) is 30.1 Å². The fourth-order valence-corrected chi connectivity index (χ4v) is 3.64. The summed E-state index contributed by atoms with van der Waals surface area (Å²) in [5.41, 5.74) is 6.05. The van der Waals surface area contributed by atoms with Crippen LogP contribution in [0.4, 0.5) is 4.39 Å². The van der Waals surface area contributed by atoms with Crippen molar-refractivity contribution in [1.82, 2.24) is 9.80 Å². The van der Waals surface area contributed by atoms with Gasteiger partial charge in [0, 0.05) is 38.6 Å². The molecule has 1 heterocycles. The third-order valence-electron chi connectivity index (χ3n) is 5.32. The van der Waals surface area contributed by atoms with Gasteiger partial charge in [-0.2, -0.15) is 0 Å². The zero-order chi connectivity index (χ0) is 18.5. The first-order valence-corrected chi connectivity index (χ1v) is 9.22. The Balaban J connectivity index is 0.00000261. The highest BCUT2D eigenvalue weighted by atomic mass is 35.5. The molecule has 2 amide bonds. The molecular formula is C19H27ClFN3O3. The van der Waals surface area contributed by atoms with Crippen molar-refractivity contribution < 1.29 is 18.7 Å². The molecule has 0 unspecified atom stereocenters. The molecule has 1 saturated heterocycles. The number of amides is 2. The second kappa shape index (κ2) is 9.90. The van der Waals surface area contributed by atoms with Gasteiger partial charge in [-0.25, -0.2) is 4.39 Å². The topological polar surface area (TPSA) is 75.9 Å². The zero-order valence-electron chi connectivity index (χ0n) is 15.3. The normalized spacial score (nSPS) is 22.3.